The summed E-state index contributed by atoms with van der Waals surface area (Å²) < 4.78 is 4.95. The van der Waals surface area contributed by atoms with Crippen molar-refractivity contribution in [2.75, 3.05) is 7.11 Å². The van der Waals surface area contributed by atoms with E-state index in [0.717, 1.165) is 6.42 Å². The van der Waals surface area contributed by atoms with Gasteiger partial charge in [0.05, 0.1) is 0 Å². The Kier molecular flexibility index (Phi) is 4.29. The molecule has 0 fully saturated rings. The number of carbonyl (C=O) groups is 2. The molecule has 1 aliphatic rings. The van der Waals surface area contributed by atoms with Gasteiger partial charge in [-0.2, -0.15) is 0 Å². The van der Waals surface area contributed by atoms with Crippen LogP contribution in [-0.2, 0) is 14.3 Å². The summed E-state index contributed by atoms with van der Waals surface area (Å²) in [5, 5.41) is 2.49. The van der Waals surface area contributed by atoms with E-state index in [1.807, 2.05) is 0 Å². The van der Waals surface area contributed by atoms with Crippen molar-refractivity contribution >= 4 is 31.6 Å². The summed E-state index contributed by atoms with van der Waals surface area (Å²) >= 11 is 0.143. The van der Waals surface area contributed by atoms with Crippen molar-refractivity contribution in [3.8, 4) is 0 Å². The zero-order chi connectivity index (χ0) is 11.4. The van der Waals surface area contributed by atoms with Crippen LogP contribution in [0.4, 0.5) is 0 Å². The van der Waals surface area contributed by atoms with Gasteiger partial charge in [-0.3, -0.25) is 0 Å². The summed E-state index contributed by atoms with van der Waals surface area (Å²) in [5.74, 6) is -1.61. The predicted octanol–water partition coefficient (Wildman–Crippen LogP) is -0.0636. The van der Waals surface area contributed by atoms with Crippen molar-refractivity contribution in [2.24, 2.45) is 4.99 Å². The Hall–Kier alpha value is -0.871. The van der Waals surface area contributed by atoms with Gasteiger partial charge in [-0.1, -0.05) is 0 Å². The number of hydrogen-bond acceptors (Lipinski definition) is 4. The molecule has 15 heavy (non-hydrogen) atoms. The molecule has 0 unspecified atom stereocenters. The van der Waals surface area contributed by atoms with Crippen molar-refractivity contribution in [1.82, 2.24) is 5.32 Å². The van der Waals surface area contributed by atoms with Crippen LogP contribution in [0.2, 0.25) is 4.82 Å². The van der Waals surface area contributed by atoms with Crippen LogP contribution in [0.5, 0.6) is 0 Å². The summed E-state index contributed by atoms with van der Waals surface area (Å²) in [6, 6.07) is 0.276. The van der Waals surface area contributed by atoms with Gasteiger partial charge in [-0.25, -0.2) is 0 Å². The Morgan fingerprint density at radius 1 is 1.60 bits per heavy atom. The second-order valence-corrected chi connectivity index (χ2v) is 6.04. The molecule has 0 aromatic carbocycles. The second-order valence-electron chi connectivity index (χ2n) is 3.18. The molecule has 1 rings (SSSR count). The quantitative estimate of drug-likeness (QED) is 0.414. The van der Waals surface area contributed by atoms with Crippen molar-refractivity contribution < 1.29 is 14.3 Å². The number of nitrogens with zero attached hydrogens (tertiary/aromatic N) is 1. The normalized spacial score (nSPS) is 24.6. The van der Waals surface area contributed by atoms with Gasteiger partial charge in [0.1, 0.15) is 0 Å². The molecule has 0 aromatic rings. The van der Waals surface area contributed by atoms with E-state index in [4.69, 9.17) is 0 Å². The van der Waals surface area contributed by atoms with E-state index < -0.39 is 11.9 Å². The number of nitrogens with one attached hydrogen (secondary N) is 1. The fourth-order valence-electron chi connectivity index (χ4n) is 1.27. The van der Waals surface area contributed by atoms with Crippen molar-refractivity contribution in [1.29, 1.82) is 0 Å². The number of hydrogen-bond donors (Lipinski definition) is 1. The molecular weight excluding hydrogens is 263 g/mol. The van der Waals surface area contributed by atoms with Gasteiger partial charge in [0.25, 0.3) is 0 Å². The van der Waals surface area contributed by atoms with Crippen LogP contribution in [0.15, 0.2) is 4.99 Å². The van der Waals surface area contributed by atoms with Gasteiger partial charge in [-0.05, 0) is 0 Å². The molecule has 5 nitrogen and oxygen atoms in total. The van der Waals surface area contributed by atoms with Crippen molar-refractivity contribution in [2.45, 2.75) is 31.1 Å². The molecule has 1 N–H and O–H groups in total. The molecule has 0 aliphatic carbocycles. The molecule has 0 radical (unpaired) electrons. The SMILES string of the molecule is CC[C@@H]1N=C(NC(=O)C(=O)OC)[Se][C@H]1C. The summed E-state index contributed by atoms with van der Waals surface area (Å²) in [6.45, 7) is 4.17. The van der Waals surface area contributed by atoms with Crippen LogP contribution >= 0.6 is 0 Å². The van der Waals surface area contributed by atoms with Crippen molar-refractivity contribution in [3.05, 3.63) is 0 Å². The van der Waals surface area contributed by atoms with E-state index in [9.17, 15) is 9.59 Å². The van der Waals surface area contributed by atoms with Crippen LogP contribution in [0.1, 0.15) is 20.3 Å². The van der Waals surface area contributed by atoms with Crippen LogP contribution in [0.3, 0.4) is 0 Å². The van der Waals surface area contributed by atoms with E-state index in [0.29, 0.717) is 9.55 Å². The molecule has 1 aliphatic heterocycles. The molecule has 2 atom stereocenters. The van der Waals surface area contributed by atoms with Gasteiger partial charge in [-0.15, -0.1) is 0 Å². The third-order valence-corrected chi connectivity index (χ3v) is 4.47. The number of ether oxygens (including phenoxy) is 1. The summed E-state index contributed by atoms with van der Waals surface area (Å²) in [4.78, 5) is 26.9. The van der Waals surface area contributed by atoms with E-state index in [-0.39, 0.29) is 21.0 Å². The van der Waals surface area contributed by atoms with Gasteiger partial charge in [0.15, 0.2) is 0 Å². The Balaban J connectivity index is 2.54. The number of amidine groups is 1. The number of rotatable bonds is 1. The minimum absolute atomic E-state index is 0.143. The maximum atomic E-state index is 11.2. The number of methoxy groups -OCH3 is 1. The molecule has 1 heterocycles. The zero-order valence-corrected chi connectivity index (χ0v) is 10.7. The van der Waals surface area contributed by atoms with Gasteiger partial charge in [0, 0.05) is 0 Å². The molecular formula is C9H14N2O3Se. The summed E-state index contributed by atoms with van der Waals surface area (Å²) in [5.41, 5.74) is 0. The number of carbonyl (C=O) groups excluding carboxylic acids is 2. The van der Waals surface area contributed by atoms with Crippen LogP contribution in [0, 0.1) is 0 Å². The number of amides is 1. The first-order chi connectivity index (χ1) is 7.08. The monoisotopic (exact) mass is 278 g/mol. The first-order valence-corrected chi connectivity index (χ1v) is 6.56. The van der Waals surface area contributed by atoms with Gasteiger partial charge in [0.2, 0.25) is 0 Å². The predicted molar refractivity (Wildman–Crippen MR) is 56.9 cm³/mol. The summed E-state index contributed by atoms with van der Waals surface area (Å²) in [6.07, 6.45) is 0.959. The third kappa shape index (κ3) is 3.04. The van der Waals surface area contributed by atoms with Crippen LogP contribution in [-0.4, -0.2) is 44.7 Å². The fourth-order valence-corrected chi connectivity index (χ4v) is 3.60. The van der Waals surface area contributed by atoms with E-state index in [1.165, 1.54) is 7.11 Å². The summed E-state index contributed by atoms with van der Waals surface area (Å²) in [7, 11) is 1.18. The van der Waals surface area contributed by atoms with Crippen LogP contribution < -0.4 is 5.32 Å². The van der Waals surface area contributed by atoms with E-state index in [2.05, 4.69) is 28.9 Å². The fraction of sp³-hybridized carbons (Fsp3) is 0.667. The van der Waals surface area contributed by atoms with Crippen LogP contribution in [0.25, 0.3) is 0 Å². The topological polar surface area (TPSA) is 67.8 Å². The second kappa shape index (κ2) is 5.28. The average molecular weight is 277 g/mol. The van der Waals surface area contributed by atoms with Gasteiger partial charge >= 0.3 is 94.4 Å². The maximum absolute atomic E-state index is 11.2. The molecule has 0 saturated carbocycles. The molecule has 0 aromatic heterocycles. The molecule has 6 heteroatoms. The van der Waals surface area contributed by atoms with E-state index >= 15 is 0 Å². The molecule has 84 valence electrons. The van der Waals surface area contributed by atoms with Crippen molar-refractivity contribution in [3.63, 3.8) is 0 Å². The molecule has 1 amide bonds. The molecule has 0 spiro atoms. The van der Waals surface area contributed by atoms with Gasteiger partial charge < -0.3 is 0 Å². The Labute approximate surface area is 94.8 Å². The number of aliphatic imine (C=N–C) groups is 1. The molecule has 0 saturated heterocycles. The number of esters is 1. The average Bonchev–Trinajstić information content (AvgIpc) is 2.57. The standard InChI is InChI=1S/C9H14N2O3Se/c1-4-6-5(2)15-9(10-6)11-7(12)8(13)14-3/h5-6H,4H2,1-3H3,(H,10,11,12)/t5-,6-/m0/s1. The Morgan fingerprint density at radius 3 is 2.73 bits per heavy atom. The first kappa shape index (κ1) is 12.2. The Morgan fingerprint density at radius 2 is 2.27 bits per heavy atom. The van der Waals surface area contributed by atoms with E-state index in [1.54, 1.807) is 0 Å². The minimum atomic E-state index is -0.874. The Bertz CT molecular complexity index is 304. The molecule has 0 bridgehead atoms. The first-order valence-electron chi connectivity index (χ1n) is 4.72. The third-order valence-electron chi connectivity index (χ3n) is 2.13. The zero-order valence-electron chi connectivity index (χ0n) is 8.94.